The predicted octanol–water partition coefficient (Wildman–Crippen LogP) is 9.34. The van der Waals surface area contributed by atoms with Crippen LogP contribution in [0.25, 0.3) is 88.8 Å². The highest BCUT2D eigenvalue weighted by atomic mass is 14.8. The minimum atomic E-state index is 0.818. The summed E-state index contributed by atoms with van der Waals surface area (Å²) in [5.41, 5.74) is 11.2. The number of aromatic nitrogens is 6. The summed E-state index contributed by atoms with van der Waals surface area (Å²) in [5.74, 6) is 0. The highest BCUT2D eigenvalue weighted by molar-refractivity contribution is 6.09. The Morgan fingerprint density at radius 3 is 1.72 bits per heavy atom. The van der Waals surface area contributed by atoms with Gasteiger partial charge in [0.1, 0.15) is 0 Å². The summed E-state index contributed by atoms with van der Waals surface area (Å²) >= 11 is 0. The van der Waals surface area contributed by atoms with Gasteiger partial charge in [0.25, 0.3) is 0 Å². The van der Waals surface area contributed by atoms with Crippen LogP contribution in [-0.4, -0.2) is 29.9 Å². The van der Waals surface area contributed by atoms with Gasteiger partial charge in [-0.1, -0.05) is 48.5 Å². The van der Waals surface area contributed by atoms with E-state index in [-0.39, 0.29) is 0 Å². The molecule has 0 aliphatic rings. The van der Waals surface area contributed by atoms with Crippen LogP contribution in [0.5, 0.6) is 0 Å². The smallest absolute Gasteiger partial charge is 0.0971 e. The molecule has 214 valence electrons. The van der Waals surface area contributed by atoms with E-state index in [2.05, 4.69) is 81.7 Å². The van der Waals surface area contributed by atoms with E-state index in [9.17, 15) is 0 Å². The van der Waals surface area contributed by atoms with Crippen molar-refractivity contribution in [2.75, 3.05) is 0 Å². The van der Waals surface area contributed by atoms with Crippen LogP contribution in [0.3, 0.4) is 0 Å². The fraction of sp³-hybridized carbons (Fsp3) is 0. The van der Waals surface area contributed by atoms with Gasteiger partial charge in [0, 0.05) is 45.7 Å². The molecule has 9 aromatic rings. The summed E-state index contributed by atoms with van der Waals surface area (Å²) in [4.78, 5) is 28.6. The average Bonchev–Trinajstić information content (AvgIpc) is 3.14. The monoisotopic (exact) mass is 588 g/mol. The lowest BCUT2D eigenvalue weighted by atomic mass is 10.0. The zero-order chi connectivity index (χ0) is 30.5. The van der Waals surface area contributed by atoms with Crippen molar-refractivity contribution in [2.45, 2.75) is 0 Å². The van der Waals surface area contributed by atoms with E-state index in [1.54, 1.807) is 6.20 Å². The van der Waals surface area contributed by atoms with Crippen molar-refractivity contribution in [1.29, 1.82) is 0 Å². The van der Waals surface area contributed by atoms with E-state index in [1.807, 2.05) is 73.1 Å². The zero-order valence-electron chi connectivity index (χ0n) is 24.5. The second kappa shape index (κ2) is 10.6. The summed E-state index contributed by atoms with van der Waals surface area (Å²) in [6, 6.07) is 43.3. The van der Waals surface area contributed by atoms with Crippen LogP contribution in [-0.2, 0) is 0 Å². The summed E-state index contributed by atoms with van der Waals surface area (Å²) in [5, 5.41) is 4.21. The Bertz CT molecular complexity index is 2600. The molecule has 6 nitrogen and oxygen atoms in total. The fourth-order valence-corrected chi connectivity index (χ4v) is 6.13. The van der Waals surface area contributed by atoms with Crippen molar-refractivity contribution in [2.24, 2.45) is 0 Å². The fourth-order valence-electron chi connectivity index (χ4n) is 6.13. The second-order valence-electron chi connectivity index (χ2n) is 11.2. The molecule has 0 fully saturated rings. The molecule has 9 rings (SSSR count). The molecule has 0 unspecified atom stereocenters. The molecule has 0 aliphatic heterocycles. The van der Waals surface area contributed by atoms with E-state index in [0.29, 0.717) is 0 Å². The maximum atomic E-state index is 5.08. The predicted molar refractivity (Wildman–Crippen MR) is 185 cm³/mol. The summed E-state index contributed by atoms with van der Waals surface area (Å²) in [7, 11) is 0. The van der Waals surface area contributed by atoms with Crippen LogP contribution in [0.4, 0.5) is 0 Å². The number of hydrogen-bond acceptors (Lipinski definition) is 6. The molecule has 0 saturated carbocycles. The van der Waals surface area contributed by atoms with Gasteiger partial charge >= 0.3 is 0 Å². The average molecular weight is 589 g/mol. The van der Waals surface area contributed by atoms with Gasteiger partial charge in [0.05, 0.1) is 50.5 Å². The Morgan fingerprint density at radius 2 is 0.978 bits per heavy atom. The molecule has 0 amide bonds. The van der Waals surface area contributed by atoms with Gasteiger partial charge in [-0.2, -0.15) is 0 Å². The molecule has 0 spiro atoms. The maximum absolute atomic E-state index is 5.08. The number of nitrogens with zero attached hydrogens (tertiary/aromatic N) is 6. The highest BCUT2D eigenvalue weighted by Crippen LogP contribution is 2.34. The normalized spacial score (nSPS) is 11.5. The Balaban J connectivity index is 1.06. The quantitative estimate of drug-likeness (QED) is 0.191. The molecule has 6 aromatic heterocycles. The van der Waals surface area contributed by atoms with Crippen molar-refractivity contribution in [1.82, 2.24) is 29.9 Å². The molecule has 3 aromatic carbocycles. The van der Waals surface area contributed by atoms with E-state index < -0.39 is 0 Å². The van der Waals surface area contributed by atoms with Crippen LogP contribution < -0.4 is 0 Å². The van der Waals surface area contributed by atoms with Crippen LogP contribution in [0.1, 0.15) is 0 Å². The van der Waals surface area contributed by atoms with Gasteiger partial charge < -0.3 is 0 Å². The third-order valence-electron chi connectivity index (χ3n) is 8.39. The Kier molecular flexibility index (Phi) is 6.03. The van der Waals surface area contributed by atoms with Crippen molar-refractivity contribution in [3.63, 3.8) is 0 Å². The summed E-state index contributed by atoms with van der Waals surface area (Å²) < 4.78 is 0. The second-order valence-corrected chi connectivity index (χ2v) is 11.2. The maximum Gasteiger partial charge on any atom is 0.0971 e. The van der Waals surface area contributed by atoms with Crippen LogP contribution in [0, 0.1) is 0 Å². The molecule has 0 atom stereocenters. The van der Waals surface area contributed by atoms with Gasteiger partial charge in [-0.3, -0.25) is 15.0 Å². The molecular weight excluding hydrogens is 564 g/mol. The number of rotatable bonds is 4. The molecule has 6 heteroatoms. The van der Waals surface area contributed by atoms with Gasteiger partial charge in [0.15, 0.2) is 0 Å². The lowest BCUT2D eigenvalue weighted by Crippen LogP contribution is -1.93. The number of hydrogen-bond donors (Lipinski definition) is 0. The number of benzene rings is 3. The Labute approximate surface area is 264 Å². The molecule has 46 heavy (non-hydrogen) atoms. The lowest BCUT2D eigenvalue weighted by molar-refractivity contribution is 1.28. The first-order valence-electron chi connectivity index (χ1n) is 15.1. The molecule has 0 bridgehead atoms. The van der Waals surface area contributed by atoms with Crippen molar-refractivity contribution >= 4 is 43.6 Å². The minimum absolute atomic E-state index is 0.818. The third kappa shape index (κ3) is 4.52. The first-order chi connectivity index (χ1) is 22.8. The van der Waals surface area contributed by atoms with E-state index in [1.165, 1.54) is 0 Å². The first kappa shape index (κ1) is 26.0. The molecule has 0 N–H and O–H groups in total. The highest BCUT2D eigenvalue weighted by Gasteiger charge is 2.13. The van der Waals surface area contributed by atoms with Gasteiger partial charge in [-0.25, -0.2) is 15.0 Å². The Hall–Kier alpha value is -6.40. The van der Waals surface area contributed by atoms with Crippen LogP contribution in [0.2, 0.25) is 0 Å². The standard InChI is InChI=1S/C40H24N6/c1-2-19-41-35(8-1)37-17-13-27-22-25(11-15-32(27)44-37)26-12-16-33-28(23-26)14-18-38(45-33)36-10-3-9-34(46-36)31-24-29-6-4-20-42-39(29)40-30(31)7-5-21-43-40/h1-24H. The van der Waals surface area contributed by atoms with E-state index in [4.69, 9.17) is 15.0 Å². The molecule has 0 radical (unpaired) electrons. The summed E-state index contributed by atoms with van der Waals surface area (Å²) in [6.07, 6.45) is 5.41. The molecule has 0 aliphatic carbocycles. The van der Waals surface area contributed by atoms with E-state index in [0.717, 1.165) is 88.8 Å². The number of pyridine rings is 6. The zero-order valence-corrected chi connectivity index (χ0v) is 24.5. The molecule has 0 saturated heterocycles. The van der Waals surface area contributed by atoms with Crippen molar-refractivity contribution < 1.29 is 0 Å². The molecular formula is C40H24N6. The van der Waals surface area contributed by atoms with Gasteiger partial charge in [-0.05, 0) is 90.0 Å². The lowest BCUT2D eigenvalue weighted by Gasteiger charge is -2.11. The van der Waals surface area contributed by atoms with Crippen LogP contribution in [0.15, 0.2) is 146 Å². The minimum Gasteiger partial charge on any atom is -0.255 e. The van der Waals surface area contributed by atoms with Crippen molar-refractivity contribution in [3.05, 3.63) is 146 Å². The SMILES string of the molecule is c1ccc(-c2ccc3cc(-c4ccc5nc(-c6cccc(-c7cc8cccnc8c8ncccc78)n6)ccc5c4)ccc3n2)nc1. The first-order valence-corrected chi connectivity index (χ1v) is 15.1. The van der Waals surface area contributed by atoms with Gasteiger partial charge in [-0.15, -0.1) is 0 Å². The van der Waals surface area contributed by atoms with Gasteiger partial charge in [0.2, 0.25) is 0 Å². The topological polar surface area (TPSA) is 77.3 Å². The largest absolute Gasteiger partial charge is 0.255 e. The van der Waals surface area contributed by atoms with Crippen LogP contribution >= 0.6 is 0 Å². The van der Waals surface area contributed by atoms with E-state index >= 15 is 0 Å². The van der Waals surface area contributed by atoms with Crippen molar-refractivity contribution in [3.8, 4) is 45.2 Å². The molecule has 6 heterocycles. The third-order valence-corrected chi connectivity index (χ3v) is 8.39. The Morgan fingerprint density at radius 1 is 0.348 bits per heavy atom. The summed E-state index contributed by atoms with van der Waals surface area (Å²) in [6.45, 7) is 0. The number of fused-ring (bicyclic) bond motifs is 5.